The maximum atomic E-state index is 9.86. The minimum absolute atomic E-state index is 0.290. The number of rotatable bonds is 1. The van der Waals surface area contributed by atoms with Crippen LogP contribution >= 0.6 is 0 Å². The first-order valence-corrected chi connectivity index (χ1v) is 6.30. The Balaban J connectivity index is 2.21. The Morgan fingerprint density at radius 2 is 2.00 bits per heavy atom. The molecular formula is C14H22N2O. The molecule has 0 amide bonds. The summed E-state index contributed by atoms with van der Waals surface area (Å²) in [6.45, 7) is 8.75. The monoisotopic (exact) mass is 234 g/mol. The fourth-order valence-electron chi connectivity index (χ4n) is 2.26. The fourth-order valence-corrected chi connectivity index (χ4v) is 2.26. The predicted octanol–water partition coefficient (Wildman–Crippen LogP) is 1.46. The van der Waals surface area contributed by atoms with E-state index in [0.29, 0.717) is 19.1 Å². The molecule has 17 heavy (non-hydrogen) atoms. The molecule has 2 atom stereocenters. The van der Waals surface area contributed by atoms with Crippen molar-refractivity contribution in [3.05, 3.63) is 29.3 Å². The summed E-state index contributed by atoms with van der Waals surface area (Å²) in [4.78, 5) is 2.27. The van der Waals surface area contributed by atoms with E-state index in [1.165, 1.54) is 16.8 Å². The van der Waals surface area contributed by atoms with Crippen molar-refractivity contribution in [2.45, 2.75) is 32.9 Å². The average Bonchev–Trinajstić information content (AvgIpc) is 2.45. The molecule has 3 nitrogen and oxygen atoms in total. The topological polar surface area (TPSA) is 35.5 Å². The summed E-state index contributed by atoms with van der Waals surface area (Å²) < 4.78 is 0. The van der Waals surface area contributed by atoms with E-state index in [1.54, 1.807) is 0 Å². The van der Waals surface area contributed by atoms with Crippen LogP contribution in [-0.2, 0) is 0 Å². The molecule has 0 spiro atoms. The van der Waals surface area contributed by atoms with Crippen molar-refractivity contribution in [1.29, 1.82) is 0 Å². The maximum absolute atomic E-state index is 9.86. The molecule has 0 saturated carbocycles. The van der Waals surface area contributed by atoms with Crippen LogP contribution in [0.1, 0.15) is 18.1 Å². The zero-order chi connectivity index (χ0) is 12.4. The summed E-state index contributed by atoms with van der Waals surface area (Å²) in [5, 5.41) is 13.2. The van der Waals surface area contributed by atoms with Gasteiger partial charge in [-0.2, -0.15) is 0 Å². The lowest BCUT2D eigenvalue weighted by molar-refractivity contribution is 0.183. The number of aryl methyl sites for hydroxylation is 2. The average molecular weight is 234 g/mol. The summed E-state index contributed by atoms with van der Waals surface area (Å²) in [6.07, 6.45) is -0.290. The number of β-amino-alcohol motifs (C(OH)–C–C–N with tert-alkyl or cyclic N) is 1. The van der Waals surface area contributed by atoms with Crippen molar-refractivity contribution >= 4 is 5.69 Å². The van der Waals surface area contributed by atoms with Gasteiger partial charge in [-0.3, -0.25) is 0 Å². The Kier molecular flexibility index (Phi) is 3.69. The summed E-state index contributed by atoms with van der Waals surface area (Å²) in [6, 6.07) is 6.92. The molecule has 1 fully saturated rings. The molecule has 1 heterocycles. The van der Waals surface area contributed by atoms with Gasteiger partial charge in [0.15, 0.2) is 0 Å². The number of hydrogen-bond acceptors (Lipinski definition) is 3. The maximum Gasteiger partial charge on any atom is 0.0839 e. The minimum atomic E-state index is -0.290. The van der Waals surface area contributed by atoms with Crippen molar-refractivity contribution in [3.63, 3.8) is 0 Å². The van der Waals surface area contributed by atoms with Crippen LogP contribution in [0.4, 0.5) is 5.69 Å². The molecule has 0 bridgehead atoms. The number of nitrogens with one attached hydrogen (secondary N) is 1. The van der Waals surface area contributed by atoms with Crippen LogP contribution in [0, 0.1) is 13.8 Å². The highest BCUT2D eigenvalue weighted by Crippen LogP contribution is 2.20. The van der Waals surface area contributed by atoms with E-state index < -0.39 is 0 Å². The van der Waals surface area contributed by atoms with Crippen molar-refractivity contribution < 1.29 is 5.11 Å². The highest BCUT2D eigenvalue weighted by Gasteiger charge is 2.20. The lowest BCUT2D eigenvalue weighted by Gasteiger charge is -2.26. The Bertz CT molecular complexity index is 380. The van der Waals surface area contributed by atoms with Crippen LogP contribution in [0.15, 0.2) is 18.2 Å². The normalized spacial score (nSPS) is 25.8. The molecule has 0 aliphatic carbocycles. The predicted molar refractivity (Wildman–Crippen MR) is 71.6 cm³/mol. The van der Waals surface area contributed by atoms with E-state index in [-0.39, 0.29) is 6.10 Å². The van der Waals surface area contributed by atoms with Crippen molar-refractivity contribution in [3.8, 4) is 0 Å². The first-order chi connectivity index (χ1) is 8.06. The lowest BCUT2D eigenvalue weighted by atomic mass is 10.1. The number of aliphatic hydroxyl groups excluding tert-OH is 1. The smallest absolute Gasteiger partial charge is 0.0839 e. The van der Waals surface area contributed by atoms with Crippen LogP contribution in [0.25, 0.3) is 0 Å². The fraction of sp³-hybridized carbons (Fsp3) is 0.571. The van der Waals surface area contributed by atoms with Gasteiger partial charge in [0.25, 0.3) is 0 Å². The van der Waals surface area contributed by atoms with E-state index in [0.717, 1.165) is 6.54 Å². The Labute approximate surface area is 103 Å². The molecule has 2 unspecified atom stereocenters. The molecule has 1 aromatic rings. The third kappa shape index (κ3) is 2.99. The van der Waals surface area contributed by atoms with E-state index in [1.807, 2.05) is 0 Å². The minimum Gasteiger partial charge on any atom is -0.390 e. The summed E-state index contributed by atoms with van der Waals surface area (Å²) in [5.41, 5.74) is 3.83. The van der Waals surface area contributed by atoms with Gasteiger partial charge in [0.05, 0.1) is 6.10 Å². The van der Waals surface area contributed by atoms with Crippen LogP contribution in [0.2, 0.25) is 0 Å². The van der Waals surface area contributed by atoms with Gasteiger partial charge in [0.2, 0.25) is 0 Å². The molecule has 3 heteroatoms. The number of aliphatic hydroxyl groups is 1. The van der Waals surface area contributed by atoms with Gasteiger partial charge in [-0.25, -0.2) is 0 Å². The number of nitrogens with zero attached hydrogens (tertiary/aromatic N) is 1. The van der Waals surface area contributed by atoms with Gasteiger partial charge < -0.3 is 15.3 Å². The first kappa shape index (κ1) is 12.4. The molecule has 1 saturated heterocycles. The Morgan fingerprint density at radius 3 is 2.71 bits per heavy atom. The van der Waals surface area contributed by atoms with Crippen LogP contribution in [0.3, 0.4) is 0 Å². The molecule has 1 aromatic carbocycles. The van der Waals surface area contributed by atoms with Crippen LogP contribution in [-0.4, -0.2) is 36.9 Å². The first-order valence-electron chi connectivity index (χ1n) is 6.30. The summed E-state index contributed by atoms with van der Waals surface area (Å²) in [7, 11) is 0. The number of hydrogen-bond donors (Lipinski definition) is 2. The molecule has 0 radical (unpaired) electrons. The zero-order valence-electron chi connectivity index (χ0n) is 10.9. The Hall–Kier alpha value is -1.06. The van der Waals surface area contributed by atoms with Gasteiger partial charge in [0, 0.05) is 31.4 Å². The highest BCUT2D eigenvalue weighted by molar-refractivity contribution is 5.51. The second kappa shape index (κ2) is 5.07. The molecule has 1 aliphatic heterocycles. The van der Waals surface area contributed by atoms with Gasteiger partial charge in [-0.15, -0.1) is 0 Å². The van der Waals surface area contributed by atoms with Crippen LogP contribution in [0.5, 0.6) is 0 Å². The molecular weight excluding hydrogens is 212 g/mol. The second-order valence-corrected chi connectivity index (χ2v) is 5.14. The van der Waals surface area contributed by atoms with Crippen molar-refractivity contribution in [2.24, 2.45) is 0 Å². The largest absolute Gasteiger partial charge is 0.390 e. The zero-order valence-corrected chi connectivity index (χ0v) is 10.9. The third-order valence-corrected chi connectivity index (χ3v) is 3.48. The van der Waals surface area contributed by atoms with Crippen molar-refractivity contribution in [1.82, 2.24) is 5.32 Å². The third-order valence-electron chi connectivity index (χ3n) is 3.48. The molecule has 1 aliphatic rings. The van der Waals surface area contributed by atoms with E-state index in [4.69, 9.17) is 0 Å². The van der Waals surface area contributed by atoms with Crippen molar-refractivity contribution in [2.75, 3.05) is 24.5 Å². The number of anilines is 1. The summed E-state index contributed by atoms with van der Waals surface area (Å²) >= 11 is 0. The lowest BCUT2D eigenvalue weighted by Crippen LogP contribution is -2.35. The van der Waals surface area contributed by atoms with Gasteiger partial charge >= 0.3 is 0 Å². The molecule has 2 N–H and O–H groups in total. The van der Waals surface area contributed by atoms with E-state index in [2.05, 4.69) is 49.2 Å². The standard InChI is InChI=1S/C14H22N2O/c1-10-4-5-13(6-11(10)2)16-8-12(3)15-7-14(17)9-16/h4-6,12,14-15,17H,7-9H2,1-3H3. The Morgan fingerprint density at radius 1 is 1.24 bits per heavy atom. The molecule has 0 aromatic heterocycles. The van der Waals surface area contributed by atoms with Crippen LogP contribution < -0.4 is 10.2 Å². The summed E-state index contributed by atoms with van der Waals surface area (Å²) in [5.74, 6) is 0. The second-order valence-electron chi connectivity index (χ2n) is 5.14. The van der Waals surface area contributed by atoms with E-state index >= 15 is 0 Å². The SMILES string of the molecule is Cc1ccc(N2CC(O)CNC(C)C2)cc1C. The number of benzene rings is 1. The molecule has 2 rings (SSSR count). The van der Waals surface area contributed by atoms with Gasteiger partial charge in [0.1, 0.15) is 0 Å². The highest BCUT2D eigenvalue weighted by atomic mass is 16.3. The molecule has 94 valence electrons. The van der Waals surface area contributed by atoms with E-state index in [9.17, 15) is 5.11 Å². The quantitative estimate of drug-likeness (QED) is 0.772. The van der Waals surface area contributed by atoms with Gasteiger partial charge in [-0.1, -0.05) is 6.07 Å². The van der Waals surface area contributed by atoms with Gasteiger partial charge in [-0.05, 0) is 44.0 Å².